The Hall–Kier alpha value is -1.46. The minimum absolute atomic E-state index is 0.0157. The summed E-state index contributed by atoms with van der Waals surface area (Å²) in [6, 6.07) is 1.50. The van der Waals surface area contributed by atoms with E-state index in [9.17, 15) is 4.79 Å². The van der Waals surface area contributed by atoms with E-state index in [4.69, 9.17) is 27.8 Å². The molecule has 2 aliphatic rings. The standard InChI is InChI=1S/C14H18ClN3O2/c15-11-6-10(14(17)19)13-9(12(11)16)5-8(20-13)7-18-3-1-2-4-18/h6,8H,1-5,7,16H2,(H2,17,19). The molecule has 0 aromatic heterocycles. The highest BCUT2D eigenvalue weighted by atomic mass is 35.5. The molecule has 0 spiro atoms. The summed E-state index contributed by atoms with van der Waals surface area (Å²) in [7, 11) is 0. The SMILES string of the molecule is NC(=O)c1cc(Cl)c(N)c2c1OC(CN1CCCC1)C2. The summed E-state index contributed by atoms with van der Waals surface area (Å²) < 4.78 is 5.92. The summed E-state index contributed by atoms with van der Waals surface area (Å²) in [6.07, 6.45) is 3.17. The van der Waals surface area contributed by atoms with Crippen LogP contribution in [0.4, 0.5) is 5.69 Å². The van der Waals surface area contributed by atoms with E-state index >= 15 is 0 Å². The molecule has 1 unspecified atom stereocenters. The van der Waals surface area contributed by atoms with Gasteiger partial charge in [-0.3, -0.25) is 9.69 Å². The fourth-order valence-corrected chi connectivity index (χ4v) is 3.23. The van der Waals surface area contributed by atoms with Crippen LogP contribution >= 0.6 is 11.6 Å². The Bertz CT molecular complexity index is 556. The first kappa shape index (κ1) is 13.5. The summed E-state index contributed by atoms with van der Waals surface area (Å²) in [5.41, 5.74) is 13.0. The largest absolute Gasteiger partial charge is 0.488 e. The van der Waals surface area contributed by atoms with Gasteiger partial charge in [0.15, 0.2) is 0 Å². The van der Waals surface area contributed by atoms with Crippen LogP contribution in [0.25, 0.3) is 0 Å². The third kappa shape index (κ3) is 2.31. The number of nitrogens with zero attached hydrogens (tertiary/aromatic N) is 1. The van der Waals surface area contributed by atoms with E-state index in [-0.39, 0.29) is 6.10 Å². The Morgan fingerprint density at radius 2 is 2.15 bits per heavy atom. The molecule has 6 heteroatoms. The lowest BCUT2D eigenvalue weighted by Gasteiger charge is -2.19. The number of nitrogens with two attached hydrogens (primary N) is 2. The van der Waals surface area contributed by atoms with Crippen molar-refractivity contribution in [3.05, 3.63) is 22.2 Å². The predicted molar refractivity (Wildman–Crippen MR) is 78.2 cm³/mol. The molecule has 1 fully saturated rings. The van der Waals surface area contributed by atoms with Crippen molar-refractivity contribution >= 4 is 23.2 Å². The van der Waals surface area contributed by atoms with Crippen molar-refractivity contribution < 1.29 is 9.53 Å². The summed E-state index contributed by atoms with van der Waals surface area (Å²) in [4.78, 5) is 13.9. The number of anilines is 1. The number of fused-ring (bicyclic) bond motifs is 1. The van der Waals surface area contributed by atoms with Crippen LogP contribution in [0.2, 0.25) is 5.02 Å². The quantitative estimate of drug-likeness (QED) is 0.826. The van der Waals surface area contributed by atoms with E-state index in [1.165, 1.54) is 18.9 Å². The van der Waals surface area contributed by atoms with Gasteiger partial charge in [-0.1, -0.05) is 11.6 Å². The van der Waals surface area contributed by atoms with E-state index in [1.807, 2.05) is 0 Å². The predicted octanol–water partition coefficient (Wildman–Crippen LogP) is 1.42. The van der Waals surface area contributed by atoms with Crippen LogP contribution in [-0.2, 0) is 6.42 Å². The van der Waals surface area contributed by atoms with Gasteiger partial charge in [0.05, 0.1) is 16.3 Å². The van der Waals surface area contributed by atoms with Gasteiger partial charge in [0.1, 0.15) is 11.9 Å². The molecule has 0 radical (unpaired) electrons. The summed E-state index contributed by atoms with van der Waals surface area (Å²) in [5.74, 6) is -0.0198. The number of carbonyl (C=O) groups is 1. The third-order valence-corrected chi connectivity index (χ3v) is 4.33. The molecule has 3 rings (SSSR count). The molecule has 1 aromatic carbocycles. The maximum atomic E-state index is 11.5. The molecule has 108 valence electrons. The maximum Gasteiger partial charge on any atom is 0.252 e. The van der Waals surface area contributed by atoms with E-state index in [0.29, 0.717) is 28.4 Å². The number of amides is 1. The summed E-state index contributed by atoms with van der Waals surface area (Å²) in [6.45, 7) is 3.06. The molecule has 1 aromatic rings. The zero-order valence-corrected chi connectivity index (χ0v) is 11.9. The number of likely N-dealkylation sites (tertiary alicyclic amines) is 1. The van der Waals surface area contributed by atoms with E-state index in [2.05, 4.69) is 4.90 Å². The van der Waals surface area contributed by atoms with Crippen LogP contribution < -0.4 is 16.2 Å². The Balaban J connectivity index is 1.86. The van der Waals surface area contributed by atoms with Gasteiger partial charge in [-0.15, -0.1) is 0 Å². The Kier molecular flexibility index (Phi) is 3.48. The number of primary amides is 1. The molecule has 1 atom stereocenters. The molecule has 5 nitrogen and oxygen atoms in total. The first-order chi connectivity index (χ1) is 9.56. The first-order valence-electron chi connectivity index (χ1n) is 6.86. The van der Waals surface area contributed by atoms with Gasteiger partial charge in [-0.25, -0.2) is 0 Å². The number of rotatable bonds is 3. The smallest absolute Gasteiger partial charge is 0.252 e. The Labute approximate surface area is 122 Å². The average Bonchev–Trinajstić information content (AvgIpc) is 3.03. The molecule has 2 heterocycles. The van der Waals surface area contributed by atoms with Crippen LogP contribution in [0.3, 0.4) is 0 Å². The zero-order valence-electron chi connectivity index (χ0n) is 11.2. The van der Waals surface area contributed by atoms with Crippen LogP contribution in [0.15, 0.2) is 6.07 Å². The molecular formula is C14H18ClN3O2. The van der Waals surface area contributed by atoms with Gasteiger partial charge in [0, 0.05) is 18.5 Å². The van der Waals surface area contributed by atoms with Crippen LogP contribution in [0, 0.1) is 0 Å². The highest BCUT2D eigenvalue weighted by Gasteiger charge is 2.32. The van der Waals surface area contributed by atoms with E-state index < -0.39 is 5.91 Å². The first-order valence-corrected chi connectivity index (χ1v) is 7.23. The van der Waals surface area contributed by atoms with Gasteiger partial charge in [0.2, 0.25) is 0 Å². The normalized spacial score (nSPS) is 21.8. The van der Waals surface area contributed by atoms with E-state index in [1.54, 1.807) is 0 Å². The van der Waals surface area contributed by atoms with Crippen molar-refractivity contribution in [2.75, 3.05) is 25.4 Å². The van der Waals surface area contributed by atoms with Crippen molar-refractivity contribution in [2.45, 2.75) is 25.4 Å². The van der Waals surface area contributed by atoms with Gasteiger partial charge >= 0.3 is 0 Å². The maximum absolute atomic E-state index is 11.5. The molecule has 0 aliphatic carbocycles. The molecule has 0 saturated carbocycles. The number of carbonyl (C=O) groups excluding carboxylic acids is 1. The van der Waals surface area contributed by atoms with Gasteiger partial charge in [-0.05, 0) is 32.0 Å². The van der Waals surface area contributed by atoms with Crippen molar-refractivity contribution in [1.29, 1.82) is 0 Å². The lowest BCUT2D eigenvalue weighted by molar-refractivity contribution is 0.0993. The molecule has 20 heavy (non-hydrogen) atoms. The van der Waals surface area contributed by atoms with Crippen molar-refractivity contribution in [3.8, 4) is 5.75 Å². The third-order valence-electron chi connectivity index (χ3n) is 4.01. The van der Waals surface area contributed by atoms with Crippen molar-refractivity contribution in [2.24, 2.45) is 5.73 Å². The number of nitrogen functional groups attached to an aromatic ring is 1. The van der Waals surface area contributed by atoms with Gasteiger partial charge < -0.3 is 16.2 Å². The fourth-order valence-electron chi connectivity index (χ4n) is 3.01. The molecule has 1 amide bonds. The Morgan fingerprint density at radius 1 is 1.45 bits per heavy atom. The van der Waals surface area contributed by atoms with Crippen LogP contribution in [-0.4, -0.2) is 36.5 Å². The lowest BCUT2D eigenvalue weighted by Crippen LogP contribution is -2.32. The monoisotopic (exact) mass is 295 g/mol. The number of ether oxygens (including phenoxy) is 1. The number of hydrogen-bond acceptors (Lipinski definition) is 4. The highest BCUT2D eigenvalue weighted by Crippen LogP contribution is 2.40. The topological polar surface area (TPSA) is 81.6 Å². The van der Waals surface area contributed by atoms with E-state index in [0.717, 1.165) is 25.2 Å². The molecule has 1 saturated heterocycles. The fraction of sp³-hybridized carbons (Fsp3) is 0.500. The second-order valence-electron chi connectivity index (χ2n) is 5.44. The van der Waals surface area contributed by atoms with Crippen LogP contribution in [0.5, 0.6) is 5.75 Å². The van der Waals surface area contributed by atoms with Gasteiger partial charge in [-0.2, -0.15) is 0 Å². The molecule has 4 N–H and O–H groups in total. The Morgan fingerprint density at radius 3 is 2.80 bits per heavy atom. The van der Waals surface area contributed by atoms with Crippen molar-refractivity contribution in [3.63, 3.8) is 0 Å². The lowest BCUT2D eigenvalue weighted by atomic mass is 10.0. The van der Waals surface area contributed by atoms with Crippen molar-refractivity contribution in [1.82, 2.24) is 4.90 Å². The number of hydrogen-bond donors (Lipinski definition) is 2. The number of benzene rings is 1. The summed E-state index contributed by atoms with van der Waals surface area (Å²) in [5, 5.41) is 0.364. The summed E-state index contributed by atoms with van der Waals surface area (Å²) >= 11 is 6.06. The zero-order chi connectivity index (χ0) is 14.3. The molecular weight excluding hydrogens is 278 g/mol. The number of halogens is 1. The minimum Gasteiger partial charge on any atom is -0.488 e. The molecule has 2 aliphatic heterocycles. The second kappa shape index (κ2) is 5.14. The van der Waals surface area contributed by atoms with Gasteiger partial charge in [0.25, 0.3) is 5.91 Å². The second-order valence-corrected chi connectivity index (χ2v) is 5.85. The molecule has 0 bridgehead atoms. The average molecular weight is 296 g/mol. The minimum atomic E-state index is -0.537. The highest BCUT2D eigenvalue weighted by molar-refractivity contribution is 6.33. The van der Waals surface area contributed by atoms with Crippen LogP contribution in [0.1, 0.15) is 28.8 Å².